The minimum atomic E-state index is -0.159. The van der Waals surface area contributed by atoms with E-state index >= 15 is 0 Å². The van der Waals surface area contributed by atoms with Gasteiger partial charge in [0, 0.05) is 11.8 Å². The van der Waals surface area contributed by atoms with Crippen LogP contribution in [0.3, 0.4) is 0 Å². The Morgan fingerprint density at radius 2 is 2.19 bits per heavy atom. The van der Waals surface area contributed by atoms with E-state index in [9.17, 15) is 9.90 Å². The minimum Gasteiger partial charge on any atom is -0.507 e. The van der Waals surface area contributed by atoms with Crippen molar-refractivity contribution in [1.82, 2.24) is 10.2 Å². The molecule has 0 amide bonds. The summed E-state index contributed by atoms with van der Waals surface area (Å²) in [5.41, 5.74) is 1.85. The Bertz CT molecular complexity index is 808. The van der Waals surface area contributed by atoms with Crippen LogP contribution in [0.1, 0.15) is 15.9 Å². The van der Waals surface area contributed by atoms with Crippen LogP contribution in [0.5, 0.6) is 11.5 Å². The summed E-state index contributed by atoms with van der Waals surface area (Å²) in [6.07, 6.45) is 1.74. The molecule has 1 aromatic heterocycles. The first-order valence-corrected chi connectivity index (χ1v) is 6.50. The lowest BCUT2D eigenvalue weighted by atomic mass is 9.99. The number of phenols is 1. The monoisotopic (exact) mass is 282 g/mol. The van der Waals surface area contributed by atoms with Crippen LogP contribution < -0.4 is 4.74 Å². The summed E-state index contributed by atoms with van der Waals surface area (Å²) in [5, 5.41) is 17.3. The Morgan fingerprint density at radius 3 is 3.00 bits per heavy atom. The summed E-state index contributed by atoms with van der Waals surface area (Å²) in [6, 6.07) is 10.5. The zero-order valence-electron chi connectivity index (χ0n) is 11.5. The van der Waals surface area contributed by atoms with Crippen molar-refractivity contribution in [2.24, 2.45) is 0 Å². The number of hydrogen-bond donors (Lipinski definition) is 2. The first kappa shape index (κ1) is 13.2. The first-order valence-electron chi connectivity index (χ1n) is 6.50. The second-order valence-electron chi connectivity index (χ2n) is 4.74. The quantitative estimate of drug-likeness (QED) is 0.721. The predicted octanol–water partition coefficient (Wildman–Crippen LogP) is 2.70. The molecule has 2 N–H and O–H groups in total. The van der Waals surface area contributed by atoms with E-state index in [1.54, 1.807) is 19.4 Å². The van der Waals surface area contributed by atoms with Gasteiger partial charge in [0.2, 0.25) is 0 Å². The van der Waals surface area contributed by atoms with Gasteiger partial charge in [-0.2, -0.15) is 5.10 Å². The van der Waals surface area contributed by atoms with E-state index in [1.807, 2.05) is 24.3 Å². The maximum absolute atomic E-state index is 12.5. The molecule has 0 bridgehead atoms. The molecular formula is C16H14N2O3. The van der Waals surface area contributed by atoms with E-state index in [0.29, 0.717) is 16.7 Å². The molecule has 0 spiro atoms. The predicted molar refractivity (Wildman–Crippen MR) is 78.8 cm³/mol. The fourth-order valence-corrected chi connectivity index (χ4v) is 2.36. The second kappa shape index (κ2) is 5.28. The molecule has 0 saturated carbocycles. The van der Waals surface area contributed by atoms with Crippen LogP contribution in [0.25, 0.3) is 10.9 Å². The Kier molecular flexibility index (Phi) is 3.31. The van der Waals surface area contributed by atoms with E-state index < -0.39 is 0 Å². The summed E-state index contributed by atoms with van der Waals surface area (Å²) < 4.78 is 5.15. The lowest BCUT2D eigenvalue weighted by Crippen LogP contribution is -2.04. The molecule has 5 nitrogen and oxygen atoms in total. The number of nitrogens with one attached hydrogen (secondary N) is 1. The molecule has 5 heteroatoms. The van der Waals surface area contributed by atoms with Gasteiger partial charge in [-0.25, -0.2) is 0 Å². The summed E-state index contributed by atoms with van der Waals surface area (Å²) in [6.45, 7) is 0. The molecule has 3 aromatic rings. The maximum atomic E-state index is 12.5. The number of carbonyl (C=O) groups excluding carboxylic acids is 1. The highest BCUT2D eigenvalue weighted by molar-refractivity contribution is 6.10. The molecule has 106 valence electrons. The van der Waals surface area contributed by atoms with Crippen LogP contribution in [0, 0.1) is 0 Å². The third kappa shape index (κ3) is 2.45. The van der Waals surface area contributed by atoms with Crippen molar-refractivity contribution in [2.45, 2.75) is 6.42 Å². The number of rotatable bonds is 4. The van der Waals surface area contributed by atoms with Crippen molar-refractivity contribution in [2.75, 3.05) is 7.11 Å². The largest absolute Gasteiger partial charge is 0.507 e. The number of H-pyrrole nitrogens is 1. The number of ketones is 1. The number of hydrogen-bond acceptors (Lipinski definition) is 4. The van der Waals surface area contributed by atoms with Gasteiger partial charge in [-0.05, 0) is 29.8 Å². The lowest BCUT2D eigenvalue weighted by Gasteiger charge is -2.07. The molecule has 0 aliphatic heterocycles. The lowest BCUT2D eigenvalue weighted by molar-refractivity contribution is 0.0992. The molecule has 0 unspecified atom stereocenters. The molecule has 2 aromatic carbocycles. The van der Waals surface area contributed by atoms with Crippen molar-refractivity contribution in [1.29, 1.82) is 0 Å². The first-order chi connectivity index (χ1) is 10.2. The van der Waals surface area contributed by atoms with Crippen molar-refractivity contribution in [3.63, 3.8) is 0 Å². The van der Waals surface area contributed by atoms with E-state index in [1.165, 1.54) is 6.07 Å². The summed E-state index contributed by atoms with van der Waals surface area (Å²) >= 11 is 0. The summed E-state index contributed by atoms with van der Waals surface area (Å²) in [7, 11) is 1.58. The second-order valence-corrected chi connectivity index (χ2v) is 4.74. The Morgan fingerprint density at radius 1 is 1.33 bits per heavy atom. The van der Waals surface area contributed by atoms with Gasteiger partial charge < -0.3 is 9.84 Å². The highest BCUT2D eigenvalue weighted by atomic mass is 16.5. The summed E-state index contributed by atoms with van der Waals surface area (Å²) in [5.74, 6) is 0.510. The number of aromatic nitrogens is 2. The molecule has 3 rings (SSSR count). The molecule has 0 radical (unpaired) electrons. The Hall–Kier alpha value is -2.82. The highest BCUT2D eigenvalue weighted by Crippen LogP contribution is 2.27. The number of aromatic amines is 1. The smallest absolute Gasteiger partial charge is 0.171 e. The van der Waals surface area contributed by atoms with E-state index in [0.717, 1.165) is 11.1 Å². The number of carbonyl (C=O) groups is 1. The van der Waals surface area contributed by atoms with Gasteiger partial charge in [0.25, 0.3) is 0 Å². The number of benzene rings is 2. The van der Waals surface area contributed by atoms with E-state index in [2.05, 4.69) is 10.2 Å². The van der Waals surface area contributed by atoms with Gasteiger partial charge in [-0.1, -0.05) is 12.1 Å². The molecule has 21 heavy (non-hydrogen) atoms. The molecule has 0 fully saturated rings. The summed E-state index contributed by atoms with van der Waals surface area (Å²) in [4.78, 5) is 12.5. The van der Waals surface area contributed by atoms with Crippen molar-refractivity contribution in [3.05, 3.63) is 53.7 Å². The SMILES string of the molecule is COc1cccc(CC(=O)c2c(O)ccc3[nH]ncc23)c1. The van der Waals surface area contributed by atoms with Gasteiger partial charge >= 0.3 is 0 Å². The van der Waals surface area contributed by atoms with Gasteiger partial charge in [0.15, 0.2) is 5.78 Å². The van der Waals surface area contributed by atoms with Gasteiger partial charge in [0.05, 0.1) is 24.4 Å². The van der Waals surface area contributed by atoms with E-state index in [4.69, 9.17) is 4.74 Å². The van der Waals surface area contributed by atoms with Crippen LogP contribution in [-0.4, -0.2) is 28.2 Å². The average molecular weight is 282 g/mol. The standard InChI is InChI=1S/C16H14N2O3/c1-21-11-4-2-3-10(7-11)8-15(20)16-12-9-17-18-13(12)5-6-14(16)19/h2-7,9,19H,8H2,1H3,(H,17,18). The fourth-order valence-electron chi connectivity index (χ4n) is 2.36. The van der Waals surface area contributed by atoms with Gasteiger partial charge in [0.1, 0.15) is 11.5 Å². The Balaban J connectivity index is 1.97. The number of ether oxygens (including phenoxy) is 1. The third-order valence-corrected chi connectivity index (χ3v) is 3.38. The molecule has 1 heterocycles. The Labute approximate surface area is 121 Å². The molecule has 0 saturated heterocycles. The molecule has 0 atom stereocenters. The van der Waals surface area contributed by atoms with Crippen LogP contribution in [0.2, 0.25) is 0 Å². The number of Topliss-reactive ketones (excluding diaryl/α,β-unsaturated/α-hetero) is 1. The maximum Gasteiger partial charge on any atom is 0.171 e. The zero-order chi connectivity index (χ0) is 14.8. The number of methoxy groups -OCH3 is 1. The fraction of sp³-hybridized carbons (Fsp3) is 0.125. The normalized spacial score (nSPS) is 10.7. The third-order valence-electron chi connectivity index (χ3n) is 3.38. The highest BCUT2D eigenvalue weighted by Gasteiger charge is 2.17. The zero-order valence-corrected chi connectivity index (χ0v) is 11.5. The number of nitrogens with zero attached hydrogens (tertiary/aromatic N) is 1. The van der Waals surface area contributed by atoms with E-state index in [-0.39, 0.29) is 18.0 Å². The van der Waals surface area contributed by atoms with Crippen molar-refractivity contribution >= 4 is 16.7 Å². The van der Waals surface area contributed by atoms with Crippen LogP contribution in [0.15, 0.2) is 42.6 Å². The molecule has 0 aliphatic carbocycles. The molecular weight excluding hydrogens is 268 g/mol. The van der Waals surface area contributed by atoms with Crippen LogP contribution in [0.4, 0.5) is 0 Å². The van der Waals surface area contributed by atoms with Crippen LogP contribution in [-0.2, 0) is 6.42 Å². The average Bonchev–Trinajstić information content (AvgIpc) is 2.95. The minimum absolute atomic E-state index is 0.0307. The number of fused-ring (bicyclic) bond motifs is 1. The molecule has 0 aliphatic rings. The van der Waals surface area contributed by atoms with Crippen LogP contribution >= 0.6 is 0 Å². The van der Waals surface area contributed by atoms with Crippen molar-refractivity contribution < 1.29 is 14.6 Å². The van der Waals surface area contributed by atoms with Gasteiger partial charge in [-0.15, -0.1) is 0 Å². The topological polar surface area (TPSA) is 75.2 Å². The number of phenolic OH excluding ortho intramolecular Hbond substituents is 1. The van der Waals surface area contributed by atoms with Crippen molar-refractivity contribution in [3.8, 4) is 11.5 Å². The number of aromatic hydroxyl groups is 1. The van der Waals surface area contributed by atoms with Gasteiger partial charge in [-0.3, -0.25) is 9.89 Å².